The van der Waals surface area contributed by atoms with Gasteiger partial charge in [0.25, 0.3) is 0 Å². The number of allylic oxidation sites excluding steroid dienone is 5. The van der Waals surface area contributed by atoms with E-state index in [4.69, 9.17) is 4.98 Å². The molecule has 0 bridgehead atoms. The molecule has 1 aliphatic carbocycles. The minimum atomic E-state index is -0.114. The molecule has 0 saturated carbocycles. The van der Waals surface area contributed by atoms with Crippen LogP contribution in [0, 0.1) is 0 Å². The Morgan fingerprint density at radius 3 is 2.00 bits per heavy atom. The minimum absolute atomic E-state index is 0.114. The third kappa shape index (κ3) is 5.67. The fourth-order valence-corrected chi connectivity index (χ4v) is 10.3. The van der Waals surface area contributed by atoms with Crippen molar-refractivity contribution in [3.63, 3.8) is 0 Å². The molecular formula is C59H45N5. The monoisotopic (exact) mass is 823 g/mol. The van der Waals surface area contributed by atoms with Crippen LogP contribution in [0.2, 0.25) is 0 Å². The Morgan fingerprint density at radius 1 is 0.547 bits per heavy atom. The summed E-state index contributed by atoms with van der Waals surface area (Å²) in [6, 6.07) is 66.4. The number of para-hydroxylation sites is 4. The van der Waals surface area contributed by atoms with Crippen molar-refractivity contribution >= 4 is 72.4 Å². The smallest absolute Gasteiger partial charge is 0.220 e. The van der Waals surface area contributed by atoms with E-state index in [0.717, 1.165) is 78.5 Å². The molecule has 0 saturated heterocycles. The number of aromatic nitrogens is 4. The van der Waals surface area contributed by atoms with Gasteiger partial charge in [0.15, 0.2) is 0 Å². The highest BCUT2D eigenvalue weighted by atomic mass is 15.2. The predicted molar refractivity (Wildman–Crippen MR) is 269 cm³/mol. The Bertz CT molecular complexity index is 3720. The standard InChI is InChI=1S/C59H45N5/c1-5-6-9-18-39(2)61-54-34-28-41(36-57(54)64-53-26-17-16-25-52(53)60-58(61)64)40-27-31-48-49-33-30-45(38-56(49)63(55(48)35-40)43-21-12-8-13-22-43)62(42-19-10-7-11-20-42)44-29-32-47-46-23-14-15-24-50(46)59(3,4)51(47)37-44/h5-38H,2H2,1,3-4H3/b6-5-,18-9-. The summed E-state index contributed by atoms with van der Waals surface area (Å²) < 4.78 is 6.86. The minimum Gasteiger partial charge on any atom is -0.310 e. The number of hydrogen-bond acceptors (Lipinski definition) is 2. The van der Waals surface area contributed by atoms with Crippen LogP contribution in [0.25, 0.3) is 83.3 Å². The normalized spacial score (nSPS) is 13.3. The maximum atomic E-state index is 5.11. The van der Waals surface area contributed by atoms with Crippen molar-refractivity contribution in [3.05, 3.63) is 224 Å². The van der Waals surface area contributed by atoms with Crippen molar-refractivity contribution in [1.29, 1.82) is 0 Å². The number of hydrogen-bond donors (Lipinski definition) is 0. The highest BCUT2D eigenvalue weighted by molar-refractivity contribution is 6.11. The quantitative estimate of drug-likeness (QED) is 0.143. The van der Waals surface area contributed by atoms with E-state index < -0.39 is 0 Å². The van der Waals surface area contributed by atoms with Gasteiger partial charge in [0.05, 0.1) is 33.1 Å². The van der Waals surface area contributed by atoms with Crippen LogP contribution in [0.5, 0.6) is 0 Å². The molecule has 0 aliphatic heterocycles. The molecule has 11 aromatic rings. The van der Waals surface area contributed by atoms with Gasteiger partial charge in [-0.3, -0.25) is 8.97 Å². The lowest BCUT2D eigenvalue weighted by Gasteiger charge is -2.28. The Morgan fingerprint density at radius 2 is 1.19 bits per heavy atom. The third-order valence-corrected chi connectivity index (χ3v) is 13.3. The lowest BCUT2D eigenvalue weighted by Crippen LogP contribution is -2.16. The second kappa shape index (κ2) is 14.5. The van der Waals surface area contributed by atoms with Crippen LogP contribution >= 0.6 is 0 Å². The molecule has 3 heterocycles. The molecule has 0 N–H and O–H groups in total. The SMILES string of the molecule is C=C(/C=C\C=C/C)n1c2ccc(-c3ccc4c5ccc(N(c6ccccc6)c6ccc7c(c6)C(C)(C)c6ccccc6-7)cc5n(-c5ccccc5)c4c3)cc2n2c3ccccc3nc12. The van der Waals surface area contributed by atoms with Crippen LogP contribution in [0.15, 0.2) is 213 Å². The summed E-state index contributed by atoms with van der Waals surface area (Å²) in [5.41, 5.74) is 19.3. The van der Waals surface area contributed by atoms with Crippen LogP contribution in [-0.4, -0.2) is 18.5 Å². The van der Waals surface area contributed by atoms with Crippen molar-refractivity contribution in [2.75, 3.05) is 4.90 Å². The second-order valence-corrected chi connectivity index (χ2v) is 17.3. The zero-order valence-corrected chi connectivity index (χ0v) is 36.1. The highest BCUT2D eigenvalue weighted by Gasteiger charge is 2.36. The highest BCUT2D eigenvalue weighted by Crippen LogP contribution is 2.51. The maximum Gasteiger partial charge on any atom is 0.220 e. The Balaban J connectivity index is 1.04. The Hall–Kier alpha value is -8.15. The summed E-state index contributed by atoms with van der Waals surface area (Å²) in [5.74, 6) is 0.845. The predicted octanol–water partition coefficient (Wildman–Crippen LogP) is 15.6. The number of nitrogens with zero attached hydrogens (tertiary/aromatic N) is 5. The van der Waals surface area contributed by atoms with E-state index in [0.29, 0.717) is 0 Å². The summed E-state index contributed by atoms with van der Waals surface area (Å²) >= 11 is 0. The molecule has 0 radical (unpaired) electrons. The fourth-order valence-electron chi connectivity index (χ4n) is 10.3. The largest absolute Gasteiger partial charge is 0.310 e. The van der Waals surface area contributed by atoms with Gasteiger partial charge in [0.2, 0.25) is 5.78 Å². The van der Waals surface area contributed by atoms with Gasteiger partial charge in [-0.05, 0) is 125 Å². The second-order valence-electron chi connectivity index (χ2n) is 17.3. The molecule has 0 amide bonds. The fraction of sp³-hybridized carbons (Fsp3) is 0.0678. The third-order valence-electron chi connectivity index (χ3n) is 13.3. The van der Waals surface area contributed by atoms with Crippen LogP contribution in [-0.2, 0) is 5.41 Å². The number of anilines is 3. The van der Waals surface area contributed by atoms with E-state index in [-0.39, 0.29) is 5.41 Å². The molecule has 1 aliphatic rings. The molecule has 12 rings (SSSR count). The molecule has 306 valence electrons. The van der Waals surface area contributed by atoms with E-state index in [1.165, 1.54) is 33.0 Å². The zero-order valence-electron chi connectivity index (χ0n) is 36.1. The molecule has 0 fully saturated rings. The van der Waals surface area contributed by atoms with Gasteiger partial charge in [0, 0.05) is 44.6 Å². The van der Waals surface area contributed by atoms with Crippen molar-refractivity contribution in [1.82, 2.24) is 18.5 Å². The van der Waals surface area contributed by atoms with Crippen molar-refractivity contribution < 1.29 is 0 Å². The molecule has 5 heteroatoms. The summed E-state index contributed by atoms with van der Waals surface area (Å²) in [7, 11) is 0. The maximum absolute atomic E-state index is 5.11. The van der Waals surface area contributed by atoms with Crippen LogP contribution in [0.3, 0.4) is 0 Å². The average Bonchev–Trinajstić information content (AvgIpc) is 4.03. The first-order valence-corrected chi connectivity index (χ1v) is 22.0. The summed E-state index contributed by atoms with van der Waals surface area (Å²) in [4.78, 5) is 7.52. The lowest BCUT2D eigenvalue weighted by molar-refractivity contribution is 0.660. The van der Waals surface area contributed by atoms with Gasteiger partial charge in [-0.2, -0.15) is 0 Å². The molecule has 8 aromatic carbocycles. The average molecular weight is 824 g/mol. The number of benzene rings is 8. The van der Waals surface area contributed by atoms with Crippen molar-refractivity contribution in [2.45, 2.75) is 26.2 Å². The van der Waals surface area contributed by atoms with Gasteiger partial charge in [-0.15, -0.1) is 0 Å². The number of rotatable bonds is 8. The van der Waals surface area contributed by atoms with E-state index in [9.17, 15) is 0 Å². The summed E-state index contributed by atoms with van der Waals surface area (Å²) in [6.45, 7) is 11.2. The van der Waals surface area contributed by atoms with Crippen LogP contribution < -0.4 is 4.90 Å². The van der Waals surface area contributed by atoms with Gasteiger partial charge >= 0.3 is 0 Å². The van der Waals surface area contributed by atoms with Gasteiger partial charge in [-0.25, -0.2) is 4.98 Å². The summed E-state index contributed by atoms with van der Waals surface area (Å²) in [6.07, 6.45) is 8.11. The molecule has 0 unspecified atom stereocenters. The van der Waals surface area contributed by atoms with Crippen molar-refractivity contribution in [2.24, 2.45) is 0 Å². The first-order valence-electron chi connectivity index (χ1n) is 22.0. The Kier molecular flexibility index (Phi) is 8.50. The molecule has 5 nitrogen and oxygen atoms in total. The number of fused-ring (bicyclic) bond motifs is 11. The molecule has 0 spiro atoms. The van der Waals surface area contributed by atoms with E-state index in [2.05, 4.69) is 215 Å². The van der Waals surface area contributed by atoms with Gasteiger partial charge < -0.3 is 9.47 Å². The van der Waals surface area contributed by atoms with Gasteiger partial charge in [-0.1, -0.05) is 142 Å². The summed E-state index contributed by atoms with van der Waals surface area (Å²) in [5, 5.41) is 2.41. The molecule has 3 aromatic heterocycles. The van der Waals surface area contributed by atoms with E-state index in [1.54, 1.807) is 0 Å². The first kappa shape index (κ1) is 37.6. The van der Waals surface area contributed by atoms with Crippen LogP contribution in [0.4, 0.5) is 17.1 Å². The van der Waals surface area contributed by atoms with Crippen LogP contribution in [0.1, 0.15) is 31.9 Å². The zero-order chi connectivity index (χ0) is 43.1. The Labute approximate surface area is 372 Å². The molecule has 64 heavy (non-hydrogen) atoms. The van der Waals surface area contributed by atoms with Gasteiger partial charge in [0.1, 0.15) is 0 Å². The topological polar surface area (TPSA) is 30.4 Å². The molecular weight excluding hydrogens is 779 g/mol. The van der Waals surface area contributed by atoms with Crippen molar-refractivity contribution in [3.8, 4) is 27.9 Å². The first-order chi connectivity index (χ1) is 31.4. The molecule has 0 atom stereocenters. The lowest BCUT2D eigenvalue weighted by atomic mass is 9.82. The van der Waals surface area contributed by atoms with E-state index in [1.807, 2.05) is 37.3 Å². The number of imidazole rings is 2. The van der Waals surface area contributed by atoms with E-state index >= 15 is 0 Å².